The van der Waals surface area contributed by atoms with E-state index in [-0.39, 0.29) is 17.5 Å². The van der Waals surface area contributed by atoms with Crippen molar-refractivity contribution in [3.05, 3.63) is 77.3 Å². The molecule has 4 aromatic rings. The lowest BCUT2D eigenvalue weighted by molar-refractivity contribution is -0.160. The Kier molecular flexibility index (Phi) is 8.61. The second kappa shape index (κ2) is 12.4. The van der Waals surface area contributed by atoms with E-state index in [0.29, 0.717) is 70.6 Å². The summed E-state index contributed by atoms with van der Waals surface area (Å²) >= 11 is 0. The number of aromatic nitrogens is 3. The Hall–Kier alpha value is -4.28. The highest BCUT2D eigenvalue weighted by atomic mass is 19.1. The maximum absolute atomic E-state index is 15.8. The molecule has 0 amide bonds. The van der Waals surface area contributed by atoms with E-state index in [4.69, 9.17) is 24.3 Å². The molecule has 0 radical (unpaired) electrons. The number of carbonyl (C=O) groups is 1. The van der Waals surface area contributed by atoms with Gasteiger partial charge in [-0.25, -0.2) is 14.2 Å². The Morgan fingerprint density at radius 2 is 1.85 bits per heavy atom. The Morgan fingerprint density at radius 1 is 1.13 bits per heavy atom. The van der Waals surface area contributed by atoms with Crippen molar-refractivity contribution >= 4 is 17.4 Å². The summed E-state index contributed by atoms with van der Waals surface area (Å²) in [6.07, 6.45) is 3.73. The molecule has 10 heteroatoms. The third-order valence-electron chi connectivity index (χ3n) is 8.87. The molecule has 6 bridgehead atoms. The van der Waals surface area contributed by atoms with Crippen LogP contribution in [0.5, 0.6) is 5.75 Å². The summed E-state index contributed by atoms with van der Waals surface area (Å²) in [5.41, 5.74) is 3.41. The number of carboxylic acids is 1. The Labute approximate surface area is 275 Å². The number of rotatable bonds is 3. The number of hydrogen-bond acceptors (Lipinski definition) is 7. The van der Waals surface area contributed by atoms with Gasteiger partial charge in [0.05, 0.1) is 34.6 Å². The third kappa shape index (κ3) is 6.62. The van der Waals surface area contributed by atoms with Crippen molar-refractivity contribution in [3.8, 4) is 28.1 Å². The Bertz CT molecular complexity index is 1850. The molecule has 0 aliphatic carbocycles. The van der Waals surface area contributed by atoms with Gasteiger partial charge in [0.15, 0.2) is 11.8 Å². The molecule has 3 aliphatic rings. The zero-order valence-electron chi connectivity index (χ0n) is 28.1. The first-order valence-electron chi connectivity index (χ1n) is 16.2. The lowest BCUT2D eigenvalue weighted by Crippen LogP contribution is -2.45. The van der Waals surface area contributed by atoms with E-state index in [9.17, 15) is 9.90 Å². The molecule has 1 saturated heterocycles. The second-order valence-electron chi connectivity index (χ2n) is 13.8. The van der Waals surface area contributed by atoms with Crippen LogP contribution in [0, 0.1) is 19.7 Å². The minimum Gasteiger partial charge on any atom is -0.486 e. The van der Waals surface area contributed by atoms with Gasteiger partial charge in [-0.2, -0.15) is 9.61 Å². The fourth-order valence-corrected chi connectivity index (χ4v) is 6.39. The third-order valence-corrected chi connectivity index (χ3v) is 8.87. The molecular formula is C37H43FN4O5. The van der Waals surface area contributed by atoms with Crippen LogP contribution < -0.4 is 9.64 Å². The largest absolute Gasteiger partial charge is 0.486 e. The van der Waals surface area contributed by atoms with Gasteiger partial charge >= 0.3 is 5.97 Å². The molecule has 248 valence electrons. The standard InChI is InChI=1S/C37H43FN4O5/c1-22-13-14-28-31(32(22)38)26-12-8-11-25(20-26)27-21-29-39-24(3)30(33(35(43)44)47-36(4,5)6)34(42(29)40-27)41-17-15-37(7,16-18-41)45-19-9-10-23(2)46-28/h8-14,20-21,23,33H,15-19H2,1-7H3,(H,43,44)/b10-9+/t23-,33-/m0/s1. The van der Waals surface area contributed by atoms with E-state index in [2.05, 4.69) is 11.8 Å². The summed E-state index contributed by atoms with van der Waals surface area (Å²) in [5, 5.41) is 15.5. The van der Waals surface area contributed by atoms with Gasteiger partial charge in [0.25, 0.3) is 0 Å². The van der Waals surface area contributed by atoms with E-state index in [1.165, 1.54) is 0 Å². The molecule has 0 spiro atoms. The van der Waals surface area contributed by atoms with Gasteiger partial charge in [-0.05, 0) is 90.6 Å². The minimum atomic E-state index is -1.26. The van der Waals surface area contributed by atoms with Crippen LogP contribution in [0.3, 0.4) is 0 Å². The van der Waals surface area contributed by atoms with Crippen molar-refractivity contribution in [2.45, 2.75) is 84.7 Å². The number of aryl methyl sites for hydroxylation is 2. The predicted molar refractivity (Wildman–Crippen MR) is 180 cm³/mol. The average Bonchev–Trinajstić information content (AvgIpc) is 3.43. The Morgan fingerprint density at radius 3 is 2.55 bits per heavy atom. The molecule has 47 heavy (non-hydrogen) atoms. The van der Waals surface area contributed by atoms with Gasteiger partial charge in [0.1, 0.15) is 23.5 Å². The van der Waals surface area contributed by atoms with Crippen LogP contribution in [0.4, 0.5) is 10.2 Å². The van der Waals surface area contributed by atoms with E-state index in [1.807, 2.05) is 83.2 Å². The van der Waals surface area contributed by atoms with E-state index < -0.39 is 17.7 Å². The first-order chi connectivity index (χ1) is 22.2. The van der Waals surface area contributed by atoms with Crippen LogP contribution in [0.25, 0.3) is 28.0 Å². The molecule has 5 heterocycles. The lowest BCUT2D eigenvalue weighted by atomic mass is 9.92. The van der Waals surface area contributed by atoms with Crippen LogP contribution >= 0.6 is 0 Å². The average molecular weight is 643 g/mol. The van der Waals surface area contributed by atoms with Gasteiger partial charge in [-0.1, -0.05) is 30.3 Å². The second-order valence-corrected chi connectivity index (χ2v) is 13.8. The molecule has 7 rings (SSSR count). The van der Waals surface area contributed by atoms with Crippen LogP contribution in [0.1, 0.15) is 70.4 Å². The lowest BCUT2D eigenvalue weighted by Gasteiger charge is -2.41. The predicted octanol–water partition coefficient (Wildman–Crippen LogP) is 7.47. The zero-order valence-corrected chi connectivity index (χ0v) is 28.1. The number of nitrogens with zero attached hydrogens (tertiary/aromatic N) is 4. The highest BCUT2D eigenvalue weighted by Crippen LogP contribution is 2.40. The SMILES string of the molecule is Cc1ccc2c(c1F)-c1cccc(c1)-c1cc3nc(C)c([C@H](OC(C)(C)C)C(=O)O)c(n3n1)N1CCC(C)(CC1)OC/C=C/[C@H](C)O2. The number of carboxylic acid groups (broad SMARTS) is 1. The molecule has 0 saturated carbocycles. The van der Waals surface area contributed by atoms with E-state index in [0.717, 1.165) is 18.4 Å². The maximum atomic E-state index is 15.8. The molecule has 2 aromatic heterocycles. The van der Waals surface area contributed by atoms with Crippen molar-refractivity contribution in [2.24, 2.45) is 0 Å². The van der Waals surface area contributed by atoms with Crippen molar-refractivity contribution < 1.29 is 28.5 Å². The number of halogens is 1. The number of benzene rings is 2. The molecule has 3 aliphatic heterocycles. The monoisotopic (exact) mass is 642 g/mol. The van der Waals surface area contributed by atoms with Crippen LogP contribution in [-0.2, 0) is 14.3 Å². The summed E-state index contributed by atoms with van der Waals surface area (Å²) in [4.78, 5) is 19.8. The van der Waals surface area contributed by atoms with Gasteiger partial charge < -0.3 is 24.2 Å². The van der Waals surface area contributed by atoms with Gasteiger partial charge in [0.2, 0.25) is 0 Å². The molecule has 2 atom stereocenters. The molecule has 2 aromatic carbocycles. The number of hydrogen-bond donors (Lipinski definition) is 1. The summed E-state index contributed by atoms with van der Waals surface area (Å²) in [7, 11) is 0. The fourth-order valence-electron chi connectivity index (χ4n) is 6.39. The maximum Gasteiger partial charge on any atom is 0.337 e. The molecule has 1 N–H and O–H groups in total. The number of fused-ring (bicyclic) bond motifs is 6. The topological polar surface area (TPSA) is 98.4 Å². The van der Waals surface area contributed by atoms with Crippen molar-refractivity contribution in [3.63, 3.8) is 0 Å². The van der Waals surface area contributed by atoms with Crippen LogP contribution in [0.2, 0.25) is 0 Å². The summed E-state index contributed by atoms with van der Waals surface area (Å²) in [6.45, 7) is 14.7. The van der Waals surface area contributed by atoms with Gasteiger partial charge in [-0.15, -0.1) is 0 Å². The van der Waals surface area contributed by atoms with E-state index in [1.54, 1.807) is 17.5 Å². The minimum absolute atomic E-state index is 0.319. The first kappa shape index (κ1) is 32.7. The number of anilines is 1. The highest BCUT2D eigenvalue weighted by molar-refractivity contribution is 5.80. The van der Waals surface area contributed by atoms with Crippen molar-refractivity contribution in [1.82, 2.24) is 14.6 Å². The first-order valence-corrected chi connectivity index (χ1v) is 16.2. The normalized spacial score (nSPS) is 21.4. The van der Waals surface area contributed by atoms with Crippen molar-refractivity contribution in [1.29, 1.82) is 0 Å². The molecular weight excluding hydrogens is 599 g/mol. The quantitative estimate of drug-likeness (QED) is 0.230. The molecule has 0 unspecified atom stereocenters. The number of ether oxygens (including phenoxy) is 3. The van der Waals surface area contributed by atoms with Gasteiger partial charge in [-0.3, -0.25) is 0 Å². The summed E-state index contributed by atoms with van der Waals surface area (Å²) < 4.78 is 36.4. The van der Waals surface area contributed by atoms with Crippen molar-refractivity contribution in [2.75, 3.05) is 24.6 Å². The smallest absolute Gasteiger partial charge is 0.337 e. The Balaban J connectivity index is 1.58. The van der Waals surface area contributed by atoms with Gasteiger partial charge in [0, 0.05) is 30.4 Å². The molecule has 9 nitrogen and oxygen atoms in total. The summed E-state index contributed by atoms with van der Waals surface area (Å²) in [6, 6.07) is 13.0. The number of piperidine rings is 1. The van der Waals surface area contributed by atoms with E-state index >= 15 is 4.39 Å². The van der Waals surface area contributed by atoms with Crippen LogP contribution in [-0.4, -0.2) is 62.7 Å². The van der Waals surface area contributed by atoms with Crippen LogP contribution in [0.15, 0.2) is 54.6 Å². The molecule has 1 fully saturated rings. The number of aliphatic carboxylic acids is 1. The summed E-state index contributed by atoms with van der Waals surface area (Å²) in [5.74, 6) is -0.362. The fraction of sp³-hybridized carbons (Fsp3) is 0.432. The highest BCUT2D eigenvalue weighted by Gasteiger charge is 2.38. The zero-order chi connectivity index (χ0) is 33.7.